The second-order valence-electron chi connectivity index (χ2n) is 7.11. The van der Waals surface area contributed by atoms with Crippen molar-refractivity contribution in [3.63, 3.8) is 0 Å². The van der Waals surface area contributed by atoms with Gasteiger partial charge in [-0.15, -0.1) is 0 Å². The summed E-state index contributed by atoms with van der Waals surface area (Å²) in [7, 11) is 4.59. The molecule has 0 amide bonds. The van der Waals surface area contributed by atoms with Gasteiger partial charge in [0.2, 0.25) is 0 Å². The van der Waals surface area contributed by atoms with E-state index in [1.54, 1.807) is 0 Å². The van der Waals surface area contributed by atoms with Gasteiger partial charge in [-0.25, -0.2) is 0 Å². The lowest BCUT2D eigenvalue weighted by atomic mass is 9.78. The highest BCUT2D eigenvalue weighted by Crippen LogP contribution is 2.44. The largest absolute Gasteiger partial charge is 0.329 e. The number of likely N-dealkylation sites (N-methyl/N-ethyl adjacent to an activating group) is 1. The van der Waals surface area contributed by atoms with E-state index in [0.717, 1.165) is 18.6 Å². The summed E-state index contributed by atoms with van der Waals surface area (Å²) >= 11 is 0. The molecule has 0 spiro atoms. The van der Waals surface area contributed by atoms with E-state index in [-0.39, 0.29) is 11.1 Å². The van der Waals surface area contributed by atoms with Gasteiger partial charge in [0.05, 0.1) is 0 Å². The first-order valence-corrected chi connectivity index (χ1v) is 7.52. The van der Waals surface area contributed by atoms with Crippen LogP contribution in [0.15, 0.2) is 0 Å². The van der Waals surface area contributed by atoms with E-state index in [2.05, 4.69) is 44.7 Å². The lowest BCUT2D eigenvalue weighted by Gasteiger charge is -2.55. The molecular weight excluding hydrogens is 222 g/mol. The Morgan fingerprint density at radius 1 is 1.28 bits per heavy atom. The summed E-state index contributed by atoms with van der Waals surface area (Å²) in [5, 5.41) is 0. The van der Waals surface area contributed by atoms with Crippen LogP contribution in [-0.4, -0.2) is 53.6 Å². The molecule has 0 aliphatic carbocycles. The predicted octanol–water partition coefficient (Wildman–Crippen LogP) is 2.06. The Kier molecular flexibility index (Phi) is 3.79. The van der Waals surface area contributed by atoms with Crippen LogP contribution in [0.1, 0.15) is 52.9 Å². The zero-order chi connectivity index (χ0) is 13.6. The summed E-state index contributed by atoms with van der Waals surface area (Å²) in [5.74, 6) is 0. The summed E-state index contributed by atoms with van der Waals surface area (Å²) < 4.78 is 0. The monoisotopic (exact) mass is 253 g/mol. The molecule has 0 aromatic carbocycles. The molecule has 18 heavy (non-hydrogen) atoms. The van der Waals surface area contributed by atoms with Crippen molar-refractivity contribution in [3.8, 4) is 0 Å². The third-order valence-electron chi connectivity index (χ3n) is 6.08. The third-order valence-corrected chi connectivity index (χ3v) is 6.08. The summed E-state index contributed by atoms with van der Waals surface area (Å²) in [4.78, 5) is 5.19. The Morgan fingerprint density at radius 3 is 2.17 bits per heavy atom. The quantitative estimate of drug-likeness (QED) is 0.832. The molecule has 3 nitrogen and oxygen atoms in total. The van der Waals surface area contributed by atoms with Gasteiger partial charge in [-0.3, -0.25) is 4.90 Å². The maximum Gasteiger partial charge on any atom is 0.0363 e. The Bertz CT molecular complexity index is 286. The molecule has 106 valence electrons. The minimum Gasteiger partial charge on any atom is -0.329 e. The molecule has 2 fully saturated rings. The van der Waals surface area contributed by atoms with Gasteiger partial charge < -0.3 is 10.6 Å². The maximum absolute atomic E-state index is 6.23. The van der Waals surface area contributed by atoms with Crippen molar-refractivity contribution >= 4 is 0 Å². The van der Waals surface area contributed by atoms with Crippen molar-refractivity contribution in [2.45, 2.75) is 76.0 Å². The number of nitrogens with two attached hydrogens (primary N) is 1. The summed E-state index contributed by atoms with van der Waals surface area (Å²) in [5.41, 5.74) is 6.69. The van der Waals surface area contributed by atoms with Gasteiger partial charge in [0, 0.05) is 29.7 Å². The molecule has 0 radical (unpaired) electrons. The molecule has 2 rings (SSSR count). The fourth-order valence-corrected chi connectivity index (χ4v) is 4.00. The van der Waals surface area contributed by atoms with Gasteiger partial charge in [0.25, 0.3) is 0 Å². The first kappa shape index (κ1) is 14.3. The summed E-state index contributed by atoms with van der Waals surface area (Å²) in [6.07, 6.45) is 6.40. The molecule has 0 saturated carbocycles. The van der Waals surface area contributed by atoms with Crippen molar-refractivity contribution in [2.75, 3.05) is 20.6 Å². The number of hydrogen-bond donors (Lipinski definition) is 1. The zero-order valence-corrected chi connectivity index (χ0v) is 12.9. The minimum absolute atomic E-state index is 0.220. The smallest absolute Gasteiger partial charge is 0.0363 e. The van der Waals surface area contributed by atoms with E-state index in [1.165, 1.54) is 32.1 Å². The molecular formula is C15H31N3. The Balaban J connectivity index is 2.22. The van der Waals surface area contributed by atoms with Gasteiger partial charge in [-0.2, -0.15) is 0 Å². The highest BCUT2D eigenvalue weighted by atomic mass is 15.3. The van der Waals surface area contributed by atoms with E-state index in [4.69, 9.17) is 5.73 Å². The van der Waals surface area contributed by atoms with Crippen LogP contribution in [0.3, 0.4) is 0 Å². The topological polar surface area (TPSA) is 32.5 Å². The van der Waals surface area contributed by atoms with Crippen LogP contribution in [-0.2, 0) is 0 Å². The molecule has 2 unspecified atom stereocenters. The SMILES string of the molecule is CCC(C)(C)N(C)C1(CN)CC2CCC(C1)N2C. The van der Waals surface area contributed by atoms with Crippen LogP contribution in [0, 0.1) is 0 Å². The van der Waals surface area contributed by atoms with Crippen LogP contribution >= 0.6 is 0 Å². The van der Waals surface area contributed by atoms with E-state index in [0.29, 0.717) is 0 Å². The Morgan fingerprint density at radius 2 is 1.78 bits per heavy atom. The van der Waals surface area contributed by atoms with Gasteiger partial charge in [-0.05, 0) is 60.0 Å². The van der Waals surface area contributed by atoms with Crippen molar-refractivity contribution in [3.05, 3.63) is 0 Å². The molecule has 3 heteroatoms. The van der Waals surface area contributed by atoms with Gasteiger partial charge in [-0.1, -0.05) is 6.92 Å². The first-order valence-electron chi connectivity index (χ1n) is 7.52. The van der Waals surface area contributed by atoms with E-state index in [9.17, 15) is 0 Å². The van der Waals surface area contributed by atoms with E-state index in [1.807, 2.05) is 0 Å². The molecule has 0 aromatic heterocycles. The highest BCUT2D eigenvalue weighted by Gasteiger charge is 2.50. The molecule has 2 heterocycles. The lowest BCUT2D eigenvalue weighted by molar-refractivity contribution is -0.0374. The number of piperidine rings is 1. The van der Waals surface area contributed by atoms with Gasteiger partial charge in [0.1, 0.15) is 0 Å². The zero-order valence-electron chi connectivity index (χ0n) is 12.9. The van der Waals surface area contributed by atoms with Gasteiger partial charge in [0.15, 0.2) is 0 Å². The first-order chi connectivity index (χ1) is 8.36. The molecule has 2 aliphatic rings. The molecule has 2 bridgehead atoms. The standard InChI is InChI=1S/C15H31N3/c1-6-14(2,3)18(5)15(11-16)9-12-7-8-13(10-15)17(12)4/h12-13H,6-11,16H2,1-5H3. The lowest BCUT2D eigenvalue weighted by Crippen LogP contribution is -2.65. The number of nitrogens with zero attached hydrogens (tertiary/aromatic N) is 2. The second-order valence-corrected chi connectivity index (χ2v) is 7.11. The number of rotatable bonds is 4. The van der Waals surface area contributed by atoms with Crippen LogP contribution in [0.4, 0.5) is 0 Å². The van der Waals surface area contributed by atoms with Crippen LogP contribution in [0.5, 0.6) is 0 Å². The van der Waals surface area contributed by atoms with Crippen molar-refractivity contribution in [1.29, 1.82) is 0 Å². The fraction of sp³-hybridized carbons (Fsp3) is 1.00. The van der Waals surface area contributed by atoms with E-state index < -0.39 is 0 Å². The van der Waals surface area contributed by atoms with Crippen LogP contribution in [0.25, 0.3) is 0 Å². The molecule has 0 aromatic rings. The average molecular weight is 253 g/mol. The van der Waals surface area contributed by atoms with E-state index >= 15 is 0 Å². The summed E-state index contributed by atoms with van der Waals surface area (Å²) in [6.45, 7) is 7.79. The minimum atomic E-state index is 0.220. The molecule has 2 atom stereocenters. The van der Waals surface area contributed by atoms with Crippen LogP contribution < -0.4 is 5.73 Å². The summed E-state index contributed by atoms with van der Waals surface area (Å²) in [6, 6.07) is 1.50. The molecule has 2 saturated heterocycles. The molecule has 2 aliphatic heterocycles. The van der Waals surface area contributed by atoms with Crippen LogP contribution in [0.2, 0.25) is 0 Å². The van der Waals surface area contributed by atoms with Gasteiger partial charge >= 0.3 is 0 Å². The Labute approximate surface area is 113 Å². The van der Waals surface area contributed by atoms with Crippen molar-refractivity contribution in [2.24, 2.45) is 5.73 Å². The maximum atomic E-state index is 6.23. The Hall–Kier alpha value is -0.120. The average Bonchev–Trinajstić information content (AvgIpc) is 2.60. The highest BCUT2D eigenvalue weighted by molar-refractivity contribution is 5.08. The fourth-order valence-electron chi connectivity index (χ4n) is 4.00. The third kappa shape index (κ3) is 2.10. The predicted molar refractivity (Wildman–Crippen MR) is 77.7 cm³/mol. The number of fused-ring (bicyclic) bond motifs is 2. The normalized spacial score (nSPS) is 37.5. The second kappa shape index (κ2) is 4.77. The van der Waals surface area contributed by atoms with Crippen molar-refractivity contribution < 1.29 is 0 Å². The van der Waals surface area contributed by atoms with Crippen molar-refractivity contribution in [1.82, 2.24) is 9.80 Å². The number of hydrogen-bond acceptors (Lipinski definition) is 3. The molecule has 2 N–H and O–H groups in total.